The second-order valence-corrected chi connectivity index (χ2v) is 6.39. The van der Waals surface area contributed by atoms with Crippen LogP contribution in [-0.4, -0.2) is 48.4 Å². The van der Waals surface area contributed by atoms with E-state index in [1.807, 2.05) is 30.3 Å². The molecule has 1 aliphatic heterocycles. The Balaban J connectivity index is 1.43. The van der Waals surface area contributed by atoms with E-state index in [0.717, 1.165) is 38.4 Å². The molecule has 1 saturated heterocycles. The molecule has 1 heterocycles. The summed E-state index contributed by atoms with van der Waals surface area (Å²) in [6, 6.07) is 18.2. The Morgan fingerprint density at radius 2 is 1.54 bits per heavy atom. The summed E-state index contributed by atoms with van der Waals surface area (Å²) in [6.07, 6.45) is 0. The van der Waals surface area contributed by atoms with Crippen molar-refractivity contribution in [3.8, 4) is 0 Å². The first kappa shape index (κ1) is 16.7. The van der Waals surface area contributed by atoms with Crippen molar-refractivity contribution >= 4 is 11.6 Å². The highest BCUT2D eigenvalue weighted by Gasteiger charge is 2.19. The van der Waals surface area contributed by atoms with Crippen molar-refractivity contribution in [2.45, 2.75) is 13.5 Å². The largest absolute Gasteiger partial charge is 0.325 e. The standard InChI is InChI=1S/C20H25N3O/c1-17-7-5-6-8-18(17)15-22-11-13-23(14-12-22)16-20(24)21-19-9-3-2-4-10-19/h2-10H,11-16H2,1H3,(H,21,24). The number of hydrogen-bond acceptors (Lipinski definition) is 3. The number of carbonyl (C=O) groups is 1. The topological polar surface area (TPSA) is 35.6 Å². The van der Waals surface area contributed by atoms with Gasteiger partial charge in [0, 0.05) is 38.4 Å². The Labute approximate surface area is 144 Å². The van der Waals surface area contributed by atoms with Gasteiger partial charge < -0.3 is 5.32 Å². The summed E-state index contributed by atoms with van der Waals surface area (Å²) in [4.78, 5) is 16.8. The molecular weight excluding hydrogens is 298 g/mol. The minimum atomic E-state index is 0.0635. The van der Waals surface area contributed by atoms with Crippen LogP contribution in [-0.2, 0) is 11.3 Å². The molecule has 4 heteroatoms. The van der Waals surface area contributed by atoms with Crippen LogP contribution in [0.3, 0.4) is 0 Å². The third-order valence-electron chi connectivity index (χ3n) is 4.54. The van der Waals surface area contributed by atoms with E-state index in [4.69, 9.17) is 0 Å². The normalized spacial score (nSPS) is 16.0. The van der Waals surface area contributed by atoms with Crippen molar-refractivity contribution in [3.63, 3.8) is 0 Å². The zero-order valence-corrected chi connectivity index (χ0v) is 14.2. The predicted molar refractivity (Wildman–Crippen MR) is 98.0 cm³/mol. The highest BCUT2D eigenvalue weighted by molar-refractivity contribution is 5.92. The van der Waals surface area contributed by atoms with E-state index in [-0.39, 0.29) is 5.91 Å². The number of nitrogens with zero attached hydrogens (tertiary/aromatic N) is 2. The van der Waals surface area contributed by atoms with Crippen LogP contribution in [0.4, 0.5) is 5.69 Å². The molecule has 1 N–H and O–H groups in total. The van der Waals surface area contributed by atoms with Crippen molar-refractivity contribution in [2.24, 2.45) is 0 Å². The predicted octanol–water partition coefficient (Wildman–Crippen LogP) is 2.75. The van der Waals surface area contributed by atoms with Gasteiger partial charge in [0.2, 0.25) is 5.91 Å². The number of anilines is 1. The van der Waals surface area contributed by atoms with E-state index >= 15 is 0 Å². The molecule has 24 heavy (non-hydrogen) atoms. The lowest BCUT2D eigenvalue weighted by Gasteiger charge is -2.34. The number of hydrogen-bond donors (Lipinski definition) is 1. The van der Waals surface area contributed by atoms with E-state index in [9.17, 15) is 4.79 Å². The highest BCUT2D eigenvalue weighted by atomic mass is 16.2. The van der Waals surface area contributed by atoms with Crippen molar-refractivity contribution in [1.29, 1.82) is 0 Å². The summed E-state index contributed by atoms with van der Waals surface area (Å²) < 4.78 is 0. The molecule has 1 aliphatic rings. The van der Waals surface area contributed by atoms with Gasteiger partial charge in [0.1, 0.15) is 0 Å². The van der Waals surface area contributed by atoms with Gasteiger partial charge in [-0.25, -0.2) is 0 Å². The van der Waals surface area contributed by atoms with Crippen LogP contribution in [0, 0.1) is 6.92 Å². The first-order valence-corrected chi connectivity index (χ1v) is 8.55. The zero-order valence-electron chi connectivity index (χ0n) is 14.2. The quantitative estimate of drug-likeness (QED) is 0.919. The molecule has 4 nitrogen and oxygen atoms in total. The molecule has 0 aromatic heterocycles. The molecule has 126 valence electrons. The monoisotopic (exact) mass is 323 g/mol. The van der Waals surface area contributed by atoms with Crippen LogP contribution in [0.25, 0.3) is 0 Å². The Hall–Kier alpha value is -2.17. The van der Waals surface area contributed by atoms with E-state index in [1.165, 1.54) is 11.1 Å². The van der Waals surface area contributed by atoms with Crippen molar-refractivity contribution < 1.29 is 4.79 Å². The van der Waals surface area contributed by atoms with Crippen LogP contribution >= 0.6 is 0 Å². The fourth-order valence-electron chi connectivity index (χ4n) is 3.06. The fraction of sp³-hybridized carbons (Fsp3) is 0.350. The average Bonchev–Trinajstić information content (AvgIpc) is 2.59. The van der Waals surface area contributed by atoms with Gasteiger partial charge >= 0.3 is 0 Å². The third kappa shape index (κ3) is 4.66. The molecule has 0 saturated carbocycles. The number of nitrogens with one attached hydrogen (secondary N) is 1. The van der Waals surface area contributed by atoms with Gasteiger partial charge in [-0.3, -0.25) is 14.6 Å². The fourth-order valence-corrected chi connectivity index (χ4v) is 3.06. The first-order chi connectivity index (χ1) is 11.7. The van der Waals surface area contributed by atoms with Crippen LogP contribution in [0.5, 0.6) is 0 Å². The van der Waals surface area contributed by atoms with Gasteiger partial charge in [0.15, 0.2) is 0 Å². The molecule has 1 amide bonds. The van der Waals surface area contributed by atoms with Crippen LogP contribution < -0.4 is 5.32 Å². The average molecular weight is 323 g/mol. The van der Waals surface area contributed by atoms with Crippen LogP contribution in [0.1, 0.15) is 11.1 Å². The molecule has 2 aromatic rings. The maximum Gasteiger partial charge on any atom is 0.238 e. The number of carbonyl (C=O) groups excluding carboxylic acids is 1. The number of amides is 1. The van der Waals surface area contributed by atoms with E-state index in [1.54, 1.807) is 0 Å². The summed E-state index contributed by atoms with van der Waals surface area (Å²) in [5, 5.41) is 2.95. The summed E-state index contributed by atoms with van der Waals surface area (Å²) in [6.45, 7) is 7.52. The van der Waals surface area contributed by atoms with Crippen LogP contribution in [0.2, 0.25) is 0 Å². The summed E-state index contributed by atoms with van der Waals surface area (Å²) >= 11 is 0. The molecule has 0 aliphatic carbocycles. The van der Waals surface area contributed by atoms with Gasteiger partial charge in [-0.05, 0) is 30.2 Å². The van der Waals surface area contributed by atoms with Gasteiger partial charge in [0.05, 0.1) is 6.54 Å². The summed E-state index contributed by atoms with van der Waals surface area (Å²) in [7, 11) is 0. The molecule has 1 fully saturated rings. The Morgan fingerprint density at radius 1 is 0.917 bits per heavy atom. The molecule has 0 radical (unpaired) electrons. The maximum atomic E-state index is 12.1. The zero-order chi connectivity index (χ0) is 16.8. The number of rotatable bonds is 5. The Bertz CT molecular complexity index is 664. The van der Waals surface area contributed by atoms with Crippen LogP contribution in [0.15, 0.2) is 54.6 Å². The minimum Gasteiger partial charge on any atom is -0.325 e. The van der Waals surface area contributed by atoms with Gasteiger partial charge in [0.25, 0.3) is 0 Å². The Kier molecular flexibility index (Phi) is 5.62. The summed E-state index contributed by atoms with van der Waals surface area (Å²) in [5.74, 6) is 0.0635. The second-order valence-electron chi connectivity index (χ2n) is 6.39. The van der Waals surface area contributed by atoms with E-state index in [0.29, 0.717) is 6.54 Å². The molecule has 3 rings (SSSR count). The SMILES string of the molecule is Cc1ccccc1CN1CCN(CC(=O)Nc2ccccc2)CC1. The number of piperazine rings is 1. The second kappa shape index (κ2) is 8.08. The molecule has 0 atom stereocenters. The molecule has 0 unspecified atom stereocenters. The molecule has 0 spiro atoms. The smallest absolute Gasteiger partial charge is 0.238 e. The van der Waals surface area contributed by atoms with Crippen molar-refractivity contribution in [2.75, 3.05) is 38.0 Å². The lowest BCUT2D eigenvalue weighted by molar-refractivity contribution is -0.117. The molecular formula is C20H25N3O. The van der Waals surface area contributed by atoms with E-state index < -0.39 is 0 Å². The highest BCUT2D eigenvalue weighted by Crippen LogP contribution is 2.12. The number of benzene rings is 2. The number of aryl methyl sites for hydroxylation is 1. The Morgan fingerprint density at radius 3 is 2.25 bits per heavy atom. The number of para-hydroxylation sites is 1. The lowest BCUT2D eigenvalue weighted by Crippen LogP contribution is -2.48. The van der Waals surface area contributed by atoms with E-state index in [2.05, 4.69) is 46.3 Å². The first-order valence-electron chi connectivity index (χ1n) is 8.55. The molecule has 2 aromatic carbocycles. The van der Waals surface area contributed by atoms with Gasteiger partial charge in [-0.2, -0.15) is 0 Å². The minimum absolute atomic E-state index is 0.0635. The van der Waals surface area contributed by atoms with Gasteiger partial charge in [-0.1, -0.05) is 42.5 Å². The van der Waals surface area contributed by atoms with Crippen molar-refractivity contribution in [3.05, 3.63) is 65.7 Å². The van der Waals surface area contributed by atoms with Gasteiger partial charge in [-0.15, -0.1) is 0 Å². The maximum absolute atomic E-state index is 12.1. The third-order valence-corrected chi connectivity index (χ3v) is 4.54. The summed E-state index contributed by atoms with van der Waals surface area (Å²) in [5.41, 5.74) is 3.61. The molecule has 0 bridgehead atoms. The van der Waals surface area contributed by atoms with Crippen molar-refractivity contribution in [1.82, 2.24) is 9.80 Å². The lowest BCUT2D eigenvalue weighted by atomic mass is 10.1.